The van der Waals surface area contributed by atoms with E-state index in [4.69, 9.17) is 0 Å². The van der Waals surface area contributed by atoms with Crippen molar-refractivity contribution >= 4 is 35.6 Å². The van der Waals surface area contributed by atoms with Crippen LogP contribution >= 0.6 is 24.0 Å². The molecule has 1 aliphatic heterocycles. The minimum absolute atomic E-state index is 0. The molecule has 0 radical (unpaired) electrons. The van der Waals surface area contributed by atoms with Crippen molar-refractivity contribution in [2.45, 2.75) is 33.1 Å². The molecule has 1 aromatic rings. The number of hydrogen-bond acceptors (Lipinski definition) is 2. The smallest absolute Gasteiger partial charge is 0.190 e. The largest absolute Gasteiger partial charge is 0.371 e. The van der Waals surface area contributed by atoms with E-state index in [2.05, 4.69) is 64.7 Å². The van der Waals surface area contributed by atoms with Crippen LogP contribution in [0.3, 0.4) is 0 Å². The van der Waals surface area contributed by atoms with Crippen molar-refractivity contribution in [3.63, 3.8) is 0 Å². The lowest BCUT2D eigenvalue weighted by molar-refractivity contribution is 0.478. The summed E-state index contributed by atoms with van der Waals surface area (Å²) in [4.78, 5) is 6.83. The van der Waals surface area contributed by atoms with Crippen LogP contribution in [0.1, 0.15) is 33.1 Å². The summed E-state index contributed by atoms with van der Waals surface area (Å²) >= 11 is 0. The van der Waals surface area contributed by atoms with E-state index in [9.17, 15) is 0 Å². The zero-order valence-electron chi connectivity index (χ0n) is 15.3. The molecule has 1 atom stereocenters. The van der Waals surface area contributed by atoms with E-state index in [0.717, 1.165) is 38.1 Å². The van der Waals surface area contributed by atoms with Crippen LogP contribution in [0.2, 0.25) is 0 Å². The lowest BCUT2D eigenvalue weighted by Crippen LogP contribution is -2.42. The predicted octanol–water partition coefficient (Wildman–Crippen LogP) is 3.73. The Hall–Kier alpha value is -0.980. The van der Waals surface area contributed by atoms with E-state index >= 15 is 0 Å². The van der Waals surface area contributed by atoms with Crippen molar-refractivity contribution in [2.75, 3.05) is 38.1 Å². The Kier molecular flexibility index (Phi) is 10.1. The van der Waals surface area contributed by atoms with Gasteiger partial charge in [-0.25, -0.2) is 0 Å². The maximum Gasteiger partial charge on any atom is 0.190 e. The number of hydrogen-bond donors (Lipinski definition) is 2. The molecule has 1 aromatic carbocycles. The fourth-order valence-electron chi connectivity index (χ4n) is 3.15. The van der Waals surface area contributed by atoms with Crippen LogP contribution in [-0.4, -0.2) is 39.2 Å². The van der Waals surface area contributed by atoms with Crippen molar-refractivity contribution in [2.24, 2.45) is 16.8 Å². The van der Waals surface area contributed by atoms with Gasteiger partial charge in [-0.2, -0.15) is 0 Å². The minimum Gasteiger partial charge on any atom is -0.371 e. The van der Waals surface area contributed by atoms with Gasteiger partial charge < -0.3 is 15.5 Å². The molecule has 1 saturated heterocycles. The first-order valence-electron chi connectivity index (χ1n) is 9.01. The Bertz CT molecular complexity index is 474. The average Bonchev–Trinajstić information content (AvgIpc) is 3.08. The molecule has 0 spiro atoms. The third-order valence-corrected chi connectivity index (χ3v) is 4.90. The van der Waals surface area contributed by atoms with Crippen LogP contribution in [0.25, 0.3) is 0 Å². The number of rotatable bonds is 7. The van der Waals surface area contributed by atoms with Crippen molar-refractivity contribution in [1.29, 1.82) is 0 Å². The van der Waals surface area contributed by atoms with Gasteiger partial charge in [-0.3, -0.25) is 4.99 Å². The molecule has 0 aromatic heterocycles. The summed E-state index contributed by atoms with van der Waals surface area (Å²) in [5.74, 6) is 2.35. The number of benzene rings is 1. The van der Waals surface area contributed by atoms with Crippen molar-refractivity contribution in [1.82, 2.24) is 10.6 Å². The van der Waals surface area contributed by atoms with Crippen molar-refractivity contribution in [3.8, 4) is 0 Å². The molecule has 1 heterocycles. The highest BCUT2D eigenvalue weighted by molar-refractivity contribution is 14.0. The van der Waals surface area contributed by atoms with Crippen LogP contribution in [0.5, 0.6) is 0 Å². The molecular weight excluding hydrogens is 411 g/mol. The third kappa shape index (κ3) is 6.49. The Morgan fingerprint density at radius 2 is 1.92 bits per heavy atom. The fraction of sp³-hybridized carbons (Fsp3) is 0.632. The average molecular weight is 444 g/mol. The summed E-state index contributed by atoms with van der Waals surface area (Å²) in [5, 5.41) is 6.96. The maximum atomic E-state index is 4.35. The van der Waals surface area contributed by atoms with E-state index < -0.39 is 0 Å². The van der Waals surface area contributed by atoms with Gasteiger partial charge in [0.15, 0.2) is 5.96 Å². The first kappa shape index (κ1) is 21.1. The topological polar surface area (TPSA) is 39.7 Å². The summed E-state index contributed by atoms with van der Waals surface area (Å²) in [6.45, 7) is 8.78. The molecule has 136 valence electrons. The van der Waals surface area contributed by atoms with Crippen LogP contribution in [0, 0.1) is 11.8 Å². The fourth-order valence-corrected chi connectivity index (χ4v) is 3.15. The molecular formula is C19H33IN4. The van der Waals surface area contributed by atoms with Gasteiger partial charge >= 0.3 is 0 Å². The van der Waals surface area contributed by atoms with Gasteiger partial charge in [0.25, 0.3) is 0 Å². The Labute approximate surface area is 164 Å². The Balaban J connectivity index is 0.00000288. The standard InChI is InChI=1S/C19H32N4.HI/c1-4-16(5-2)13-21-19(20-3)22-14-17-11-12-23(15-17)18-9-7-6-8-10-18;/h6-10,16-17H,4-5,11-15H2,1-3H3,(H2,20,21,22);1H. The predicted molar refractivity (Wildman–Crippen MR) is 116 cm³/mol. The van der Waals surface area contributed by atoms with Crippen LogP contribution in [-0.2, 0) is 0 Å². The van der Waals surface area contributed by atoms with Gasteiger partial charge in [-0.05, 0) is 30.4 Å². The van der Waals surface area contributed by atoms with E-state index in [-0.39, 0.29) is 24.0 Å². The summed E-state index contributed by atoms with van der Waals surface area (Å²) in [6.07, 6.45) is 3.68. The number of nitrogens with zero attached hydrogens (tertiary/aromatic N) is 2. The second-order valence-electron chi connectivity index (χ2n) is 6.45. The maximum absolute atomic E-state index is 4.35. The highest BCUT2D eigenvalue weighted by Crippen LogP contribution is 2.22. The number of para-hydroxylation sites is 1. The highest BCUT2D eigenvalue weighted by Gasteiger charge is 2.22. The van der Waals surface area contributed by atoms with Crippen LogP contribution in [0.4, 0.5) is 5.69 Å². The van der Waals surface area contributed by atoms with Gasteiger partial charge in [0.1, 0.15) is 0 Å². The van der Waals surface area contributed by atoms with Gasteiger partial charge in [0.2, 0.25) is 0 Å². The number of halogens is 1. The lowest BCUT2D eigenvalue weighted by atomic mass is 10.0. The molecule has 4 nitrogen and oxygen atoms in total. The molecule has 2 rings (SSSR count). The van der Waals surface area contributed by atoms with E-state index in [1.807, 2.05) is 7.05 Å². The summed E-state index contributed by atoms with van der Waals surface area (Å²) in [5.41, 5.74) is 1.34. The zero-order valence-corrected chi connectivity index (χ0v) is 17.6. The van der Waals surface area contributed by atoms with Gasteiger partial charge in [0.05, 0.1) is 0 Å². The Morgan fingerprint density at radius 3 is 2.54 bits per heavy atom. The summed E-state index contributed by atoms with van der Waals surface area (Å²) in [7, 11) is 1.85. The van der Waals surface area contributed by atoms with E-state index in [1.54, 1.807) is 0 Å². The SMILES string of the molecule is CCC(CC)CNC(=NC)NCC1CCN(c2ccccc2)C1.I. The molecule has 24 heavy (non-hydrogen) atoms. The molecule has 0 saturated carbocycles. The zero-order chi connectivity index (χ0) is 16.5. The minimum atomic E-state index is 0. The van der Waals surface area contributed by atoms with Crippen molar-refractivity contribution in [3.05, 3.63) is 30.3 Å². The number of guanidine groups is 1. The molecule has 0 amide bonds. The summed E-state index contributed by atoms with van der Waals surface area (Å²) < 4.78 is 0. The Morgan fingerprint density at radius 1 is 1.21 bits per heavy atom. The molecule has 0 bridgehead atoms. The molecule has 1 fully saturated rings. The lowest BCUT2D eigenvalue weighted by Gasteiger charge is -2.20. The van der Waals surface area contributed by atoms with Crippen LogP contribution in [0.15, 0.2) is 35.3 Å². The van der Waals surface area contributed by atoms with Gasteiger partial charge in [-0.15, -0.1) is 24.0 Å². The van der Waals surface area contributed by atoms with Crippen molar-refractivity contribution < 1.29 is 0 Å². The van der Waals surface area contributed by atoms with Crippen LogP contribution < -0.4 is 15.5 Å². The first-order valence-corrected chi connectivity index (χ1v) is 9.01. The second-order valence-corrected chi connectivity index (χ2v) is 6.45. The van der Waals surface area contributed by atoms with Gasteiger partial charge in [0, 0.05) is 38.9 Å². The summed E-state index contributed by atoms with van der Waals surface area (Å²) in [6, 6.07) is 10.7. The van der Waals surface area contributed by atoms with Gasteiger partial charge in [-0.1, -0.05) is 44.9 Å². The molecule has 1 aliphatic rings. The number of aliphatic imine (C=N–C) groups is 1. The molecule has 1 unspecified atom stereocenters. The highest BCUT2D eigenvalue weighted by atomic mass is 127. The number of anilines is 1. The normalized spacial score (nSPS) is 17.8. The van der Waals surface area contributed by atoms with E-state index in [1.165, 1.54) is 24.9 Å². The second kappa shape index (κ2) is 11.6. The van der Waals surface area contributed by atoms with E-state index in [0.29, 0.717) is 5.92 Å². The molecule has 5 heteroatoms. The molecule has 2 N–H and O–H groups in total. The number of nitrogens with one attached hydrogen (secondary N) is 2. The monoisotopic (exact) mass is 444 g/mol. The quantitative estimate of drug-likeness (QED) is 0.383. The third-order valence-electron chi connectivity index (χ3n) is 4.90. The first-order chi connectivity index (χ1) is 11.3. The molecule has 0 aliphatic carbocycles.